The molecular formula is C19H13N3OS2. The zero-order valence-electron chi connectivity index (χ0n) is 13.6. The molecule has 0 atom stereocenters. The Morgan fingerprint density at radius 2 is 1.80 bits per heavy atom. The van der Waals surface area contributed by atoms with Crippen molar-refractivity contribution < 1.29 is 0 Å². The van der Waals surface area contributed by atoms with Crippen molar-refractivity contribution in [1.29, 1.82) is 10.5 Å². The van der Waals surface area contributed by atoms with Crippen molar-refractivity contribution >= 4 is 34.3 Å². The molecule has 122 valence electrons. The molecule has 3 rings (SSSR count). The summed E-state index contributed by atoms with van der Waals surface area (Å²) in [5.74, 6) is 0. The van der Waals surface area contributed by atoms with E-state index in [9.17, 15) is 15.3 Å². The second kappa shape index (κ2) is 6.90. The Morgan fingerprint density at radius 1 is 1.08 bits per heavy atom. The Kier molecular flexibility index (Phi) is 4.67. The first-order chi connectivity index (χ1) is 12.0. The monoisotopic (exact) mass is 363 g/mol. The lowest BCUT2D eigenvalue weighted by Gasteiger charge is -2.05. The number of aryl methyl sites for hydroxylation is 2. The highest BCUT2D eigenvalue weighted by Gasteiger charge is 2.12. The van der Waals surface area contributed by atoms with E-state index in [0.29, 0.717) is 14.9 Å². The third kappa shape index (κ3) is 3.18. The van der Waals surface area contributed by atoms with Crippen molar-refractivity contribution in [3.05, 3.63) is 71.3 Å². The Hall–Kier alpha value is -2.93. The summed E-state index contributed by atoms with van der Waals surface area (Å²) in [4.78, 5) is 15.1. The molecular weight excluding hydrogens is 350 g/mol. The molecule has 0 bridgehead atoms. The van der Waals surface area contributed by atoms with E-state index >= 15 is 0 Å². The number of nitriles is 2. The molecule has 2 heterocycles. The van der Waals surface area contributed by atoms with Gasteiger partial charge in [-0.15, -0.1) is 22.7 Å². The van der Waals surface area contributed by atoms with Gasteiger partial charge in [-0.1, -0.05) is 18.2 Å². The maximum atomic E-state index is 13.0. The lowest BCUT2D eigenvalue weighted by Crippen LogP contribution is -2.31. The maximum Gasteiger partial charge on any atom is 0.273 e. The molecule has 4 nitrogen and oxygen atoms in total. The molecule has 0 spiro atoms. The van der Waals surface area contributed by atoms with Crippen LogP contribution in [0.1, 0.15) is 15.3 Å². The van der Waals surface area contributed by atoms with Crippen molar-refractivity contribution in [3.63, 3.8) is 0 Å². The average Bonchev–Trinajstić information content (AvgIpc) is 3.14. The number of thiophene rings is 1. The minimum absolute atomic E-state index is 0.0626. The van der Waals surface area contributed by atoms with Gasteiger partial charge in [0, 0.05) is 9.75 Å². The van der Waals surface area contributed by atoms with Crippen LogP contribution in [0.2, 0.25) is 0 Å². The van der Waals surface area contributed by atoms with Crippen LogP contribution in [0.15, 0.2) is 41.2 Å². The molecule has 2 aromatic heterocycles. The second-order valence-corrected chi connectivity index (χ2v) is 7.74. The summed E-state index contributed by atoms with van der Waals surface area (Å²) in [5.41, 5.74) is 1.30. The van der Waals surface area contributed by atoms with Gasteiger partial charge in [0.05, 0.1) is 10.2 Å². The van der Waals surface area contributed by atoms with Crippen molar-refractivity contribution in [2.24, 2.45) is 0 Å². The number of hydrogen-bond donors (Lipinski definition) is 0. The van der Waals surface area contributed by atoms with Crippen LogP contribution in [-0.2, 0) is 0 Å². The van der Waals surface area contributed by atoms with Crippen molar-refractivity contribution in [2.45, 2.75) is 13.8 Å². The average molecular weight is 363 g/mol. The second-order valence-electron chi connectivity index (χ2n) is 5.39. The lowest BCUT2D eigenvalue weighted by molar-refractivity contribution is 0.975. The van der Waals surface area contributed by atoms with Crippen molar-refractivity contribution in [1.82, 2.24) is 4.57 Å². The Balaban J connectivity index is 2.44. The van der Waals surface area contributed by atoms with Gasteiger partial charge in [0.2, 0.25) is 0 Å². The highest BCUT2D eigenvalue weighted by atomic mass is 32.1. The van der Waals surface area contributed by atoms with Gasteiger partial charge in [0.15, 0.2) is 5.57 Å². The van der Waals surface area contributed by atoms with E-state index < -0.39 is 0 Å². The molecule has 25 heavy (non-hydrogen) atoms. The number of nitrogens with zero attached hydrogens (tertiary/aromatic N) is 3. The molecule has 0 aliphatic carbocycles. The number of thiazole rings is 1. The highest BCUT2D eigenvalue weighted by Crippen LogP contribution is 2.15. The zero-order valence-corrected chi connectivity index (χ0v) is 15.2. The van der Waals surface area contributed by atoms with E-state index in [1.54, 1.807) is 11.3 Å². The van der Waals surface area contributed by atoms with E-state index in [2.05, 4.69) is 0 Å². The number of rotatable bonds is 2. The minimum atomic E-state index is -0.219. The molecule has 0 fully saturated rings. The fourth-order valence-electron chi connectivity index (χ4n) is 2.46. The van der Waals surface area contributed by atoms with E-state index in [1.165, 1.54) is 15.9 Å². The van der Waals surface area contributed by atoms with Gasteiger partial charge in [-0.05, 0) is 43.7 Å². The van der Waals surface area contributed by atoms with Gasteiger partial charge in [-0.2, -0.15) is 10.5 Å². The van der Waals surface area contributed by atoms with E-state index in [1.807, 2.05) is 68.5 Å². The van der Waals surface area contributed by atoms with Crippen LogP contribution in [0.5, 0.6) is 0 Å². The molecule has 0 unspecified atom stereocenters. The van der Waals surface area contributed by atoms with Gasteiger partial charge in [0.25, 0.3) is 5.56 Å². The molecule has 0 radical (unpaired) electrons. The predicted octanol–water partition coefficient (Wildman–Crippen LogP) is 2.60. The molecule has 0 aliphatic heterocycles. The van der Waals surface area contributed by atoms with Crippen LogP contribution in [0.25, 0.3) is 17.3 Å². The van der Waals surface area contributed by atoms with Gasteiger partial charge >= 0.3 is 0 Å². The number of para-hydroxylation sites is 1. The summed E-state index contributed by atoms with van der Waals surface area (Å²) in [6.45, 7) is 3.90. The summed E-state index contributed by atoms with van der Waals surface area (Å²) in [6, 6.07) is 15.2. The largest absolute Gasteiger partial charge is 0.273 e. The number of aromatic nitrogens is 1. The van der Waals surface area contributed by atoms with Crippen molar-refractivity contribution in [3.8, 4) is 17.8 Å². The van der Waals surface area contributed by atoms with Crippen LogP contribution in [0, 0.1) is 36.5 Å². The SMILES string of the molecule is Cc1ccc(/C=c2\sc(=C(C#N)C#N)n(-c3ccccc3C)c2=O)s1. The molecule has 0 aliphatic rings. The summed E-state index contributed by atoms with van der Waals surface area (Å²) in [5, 5.41) is 18.6. The van der Waals surface area contributed by atoms with Crippen LogP contribution in [-0.4, -0.2) is 4.57 Å². The molecule has 3 aromatic rings. The smallest absolute Gasteiger partial charge is 0.267 e. The summed E-state index contributed by atoms with van der Waals surface area (Å²) in [6.07, 6.45) is 1.81. The van der Waals surface area contributed by atoms with Crippen LogP contribution < -0.4 is 14.8 Å². The first-order valence-electron chi connectivity index (χ1n) is 7.45. The standard InChI is InChI=1S/C19H13N3OS2/c1-12-5-3-4-6-16(12)22-18(23)17(9-15-8-7-13(2)24-15)25-19(22)14(10-20)11-21/h3-9H,1-2H3/b17-9-. The zero-order chi connectivity index (χ0) is 18.0. The first kappa shape index (κ1) is 16.9. The Morgan fingerprint density at radius 3 is 2.40 bits per heavy atom. The fourth-order valence-corrected chi connectivity index (χ4v) is 4.40. The van der Waals surface area contributed by atoms with Crippen LogP contribution in [0.3, 0.4) is 0 Å². The lowest BCUT2D eigenvalue weighted by atomic mass is 10.2. The third-order valence-electron chi connectivity index (χ3n) is 3.65. The fraction of sp³-hybridized carbons (Fsp3) is 0.105. The maximum absolute atomic E-state index is 13.0. The summed E-state index contributed by atoms with van der Waals surface area (Å²) >= 11 is 2.76. The molecule has 0 saturated carbocycles. The number of hydrogen-bond acceptors (Lipinski definition) is 5. The van der Waals surface area contributed by atoms with Crippen LogP contribution >= 0.6 is 22.7 Å². The normalized spacial score (nSPS) is 11.1. The minimum Gasteiger partial charge on any atom is -0.267 e. The van der Waals surface area contributed by atoms with E-state index in [0.717, 1.165) is 15.3 Å². The van der Waals surface area contributed by atoms with Gasteiger partial charge < -0.3 is 0 Å². The van der Waals surface area contributed by atoms with E-state index in [4.69, 9.17) is 0 Å². The molecule has 0 N–H and O–H groups in total. The Bertz CT molecular complexity index is 1200. The van der Waals surface area contributed by atoms with Crippen molar-refractivity contribution in [2.75, 3.05) is 0 Å². The first-order valence-corrected chi connectivity index (χ1v) is 9.09. The topological polar surface area (TPSA) is 69.6 Å². The van der Waals surface area contributed by atoms with Crippen LogP contribution in [0.4, 0.5) is 0 Å². The molecule has 0 saturated heterocycles. The predicted molar refractivity (Wildman–Crippen MR) is 101 cm³/mol. The quantitative estimate of drug-likeness (QED) is 0.703. The molecule has 6 heteroatoms. The van der Waals surface area contributed by atoms with Gasteiger partial charge in [-0.3, -0.25) is 9.36 Å². The number of benzene rings is 1. The van der Waals surface area contributed by atoms with E-state index in [-0.39, 0.29) is 11.1 Å². The van der Waals surface area contributed by atoms with Gasteiger partial charge in [0.1, 0.15) is 16.8 Å². The Labute approximate surface area is 152 Å². The summed E-state index contributed by atoms with van der Waals surface area (Å²) < 4.78 is 2.33. The molecule has 0 amide bonds. The third-order valence-corrected chi connectivity index (χ3v) is 5.69. The molecule has 1 aromatic carbocycles. The highest BCUT2D eigenvalue weighted by molar-refractivity contribution is 7.13. The van der Waals surface area contributed by atoms with Gasteiger partial charge in [-0.25, -0.2) is 0 Å². The summed E-state index contributed by atoms with van der Waals surface area (Å²) in [7, 11) is 0.